The SMILES string of the molecule is CCCCCCCCCCCCCCC(=O)OC[C@@H](COC(=O)CCCCCCCCCCCCCCCCCCC(C)C)OC(=O)CCCCCCCCCCCC. The first-order valence-electron chi connectivity index (χ1n) is 26.4. The van der Waals surface area contributed by atoms with E-state index in [4.69, 9.17) is 14.2 Å². The molecule has 6 heteroatoms. The molecule has 0 heterocycles. The summed E-state index contributed by atoms with van der Waals surface area (Å²) in [6.45, 7) is 9.03. The van der Waals surface area contributed by atoms with Gasteiger partial charge in [-0.25, -0.2) is 0 Å². The van der Waals surface area contributed by atoms with Crippen LogP contribution in [0.4, 0.5) is 0 Å². The first-order chi connectivity index (χ1) is 28.9. The number of carbonyl (C=O) groups is 3. The lowest BCUT2D eigenvalue weighted by Gasteiger charge is -2.18. The third kappa shape index (κ3) is 47.3. The van der Waals surface area contributed by atoms with Crippen molar-refractivity contribution < 1.29 is 28.6 Å². The summed E-state index contributed by atoms with van der Waals surface area (Å²) in [6, 6.07) is 0. The zero-order valence-electron chi connectivity index (χ0n) is 40.2. The van der Waals surface area contributed by atoms with Gasteiger partial charge in [-0.1, -0.05) is 259 Å². The van der Waals surface area contributed by atoms with Gasteiger partial charge in [-0.05, 0) is 25.2 Å². The first-order valence-corrected chi connectivity index (χ1v) is 26.4. The van der Waals surface area contributed by atoms with Crippen LogP contribution in [-0.4, -0.2) is 37.2 Å². The fraction of sp³-hybridized carbons (Fsp3) is 0.943. The molecule has 0 rings (SSSR count). The van der Waals surface area contributed by atoms with Crippen LogP contribution in [0, 0.1) is 5.92 Å². The number of ether oxygens (including phenoxy) is 3. The minimum atomic E-state index is -0.759. The maximum Gasteiger partial charge on any atom is 0.306 e. The standard InChI is InChI=1S/C53H102O6/c1-5-7-9-11-13-15-17-25-29-32-36-40-44-51(54)57-47-50(59-53(56)46-42-38-34-28-16-14-12-10-8-6-2)48-58-52(55)45-41-37-33-30-26-23-21-19-18-20-22-24-27-31-35-39-43-49(3)4/h49-50H,5-48H2,1-4H3/t50-/m0/s1. The molecule has 0 N–H and O–H groups in total. The Morgan fingerprint density at radius 1 is 0.322 bits per heavy atom. The second-order valence-corrected chi connectivity index (χ2v) is 18.6. The summed E-state index contributed by atoms with van der Waals surface area (Å²) in [6.07, 6.45) is 49.5. The molecule has 0 bridgehead atoms. The fourth-order valence-corrected chi connectivity index (χ4v) is 8.04. The maximum atomic E-state index is 12.7. The van der Waals surface area contributed by atoms with Crippen molar-refractivity contribution in [3.63, 3.8) is 0 Å². The number of rotatable bonds is 48. The molecule has 6 nitrogen and oxygen atoms in total. The molecular formula is C53H102O6. The quantitative estimate of drug-likeness (QED) is 0.0345. The molecule has 1 atom stereocenters. The number of hydrogen-bond donors (Lipinski definition) is 0. The molecule has 0 aliphatic heterocycles. The molecule has 0 saturated carbocycles. The highest BCUT2D eigenvalue weighted by Gasteiger charge is 2.19. The molecule has 0 aliphatic rings. The van der Waals surface area contributed by atoms with Gasteiger partial charge in [0.25, 0.3) is 0 Å². The Bertz CT molecular complexity index is 887. The second kappa shape index (κ2) is 47.5. The van der Waals surface area contributed by atoms with Gasteiger partial charge in [0, 0.05) is 19.3 Å². The molecular weight excluding hydrogens is 733 g/mol. The Morgan fingerprint density at radius 3 is 0.831 bits per heavy atom. The second-order valence-electron chi connectivity index (χ2n) is 18.6. The monoisotopic (exact) mass is 835 g/mol. The normalized spacial score (nSPS) is 11.9. The van der Waals surface area contributed by atoms with Crippen molar-refractivity contribution in [2.24, 2.45) is 5.92 Å². The van der Waals surface area contributed by atoms with Crippen molar-refractivity contribution in [2.75, 3.05) is 13.2 Å². The zero-order chi connectivity index (χ0) is 43.1. The number of carbonyl (C=O) groups excluding carboxylic acids is 3. The third-order valence-electron chi connectivity index (χ3n) is 12.0. The largest absolute Gasteiger partial charge is 0.462 e. The van der Waals surface area contributed by atoms with E-state index in [1.165, 1.54) is 193 Å². The molecule has 0 aromatic heterocycles. The highest BCUT2D eigenvalue weighted by Crippen LogP contribution is 2.17. The Morgan fingerprint density at radius 2 is 0.559 bits per heavy atom. The minimum absolute atomic E-state index is 0.0626. The molecule has 0 saturated heterocycles. The lowest BCUT2D eigenvalue weighted by Crippen LogP contribution is -2.30. The smallest absolute Gasteiger partial charge is 0.306 e. The molecule has 59 heavy (non-hydrogen) atoms. The molecule has 0 unspecified atom stereocenters. The van der Waals surface area contributed by atoms with Gasteiger partial charge < -0.3 is 14.2 Å². The summed E-state index contributed by atoms with van der Waals surface area (Å²) in [7, 11) is 0. The average molecular weight is 835 g/mol. The van der Waals surface area contributed by atoms with Crippen LogP contribution < -0.4 is 0 Å². The summed E-state index contributed by atoms with van der Waals surface area (Å²) in [5, 5.41) is 0. The minimum Gasteiger partial charge on any atom is -0.462 e. The van der Waals surface area contributed by atoms with Crippen molar-refractivity contribution in [1.82, 2.24) is 0 Å². The van der Waals surface area contributed by atoms with Gasteiger partial charge >= 0.3 is 17.9 Å². The van der Waals surface area contributed by atoms with E-state index in [1.54, 1.807) is 0 Å². The summed E-state index contributed by atoms with van der Waals surface area (Å²) < 4.78 is 16.8. The predicted molar refractivity (Wildman–Crippen MR) is 252 cm³/mol. The van der Waals surface area contributed by atoms with Crippen molar-refractivity contribution in [3.8, 4) is 0 Å². The van der Waals surface area contributed by atoms with Crippen molar-refractivity contribution in [2.45, 2.75) is 303 Å². The molecule has 0 spiro atoms. The van der Waals surface area contributed by atoms with E-state index in [0.717, 1.165) is 63.7 Å². The first kappa shape index (κ1) is 57.4. The summed E-state index contributed by atoms with van der Waals surface area (Å²) >= 11 is 0. The fourth-order valence-electron chi connectivity index (χ4n) is 8.04. The third-order valence-corrected chi connectivity index (χ3v) is 12.0. The zero-order valence-corrected chi connectivity index (χ0v) is 40.2. The number of hydrogen-bond acceptors (Lipinski definition) is 6. The average Bonchev–Trinajstić information content (AvgIpc) is 3.22. The molecule has 0 amide bonds. The van der Waals surface area contributed by atoms with Gasteiger partial charge in [-0.2, -0.15) is 0 Å². The van der Waals surface area contributed by atoms with Gasteiger partial charge in [0.2, 0.25) is 0 Å². The summed E-state index contributed by atoms with van der Waals surface area (Å²) in [4.78, 5) is 37.9. The lowest BCUT2D eigenvalue weighted by molar-refractivity contribution is -0.167. The Hall–Kier alpha value is -1.59. The van der Waals surface area contributed by atoms with E-state index in [2.05, 4.69) is 27.7 Å². The predicted octanol–water partition coefficient (Wildman–Crippen LogP) is 17.1. The molecule has 0 radical (unpaired) electrons. The van der Waals surface area contributed by atoms with E-state index in [0.29, 0.717) is 19.3 Å². The van der Waals surface area contributed by atoms with Gasteiger partial charge in [0.05, 0.1) is 0 Å². The van der Waals surface area contributed by atoms with Crippen molar-refractivity contribution in [1.29, 1.82) is 0 Å². The molecule has 350 valence electrons. The van der Waals surface area contributed by atoms with Crippen LogP contribution in [0.3, 0.4) is 0 Å². The molecule has 0 aromatic rings. The van der Waals surface area contributed by atoms with Gasteiger partial charge in [-0.15, -0.1) is 0 Å². The summed E-state index contributed by atoms with van der Waals surface area (Å²) in [5.41, 5.74) is 0. The van der Waals surface area contributed by atoms with E-state index < -0.39 is 6.10 Å². The highest BCUT2D eigenvalue weighted by atomic mass is 16.6. The van der Waals surface area contributed by atoms with Crippen LogP contribution >= 0.6 is 0 Å². The number of unbranched alkanes of at least 4 members (excludes halogenated alkanes) is 35. The van der Waals surface area contributed by atoms with Crippen LogP contribution in [0.25, 0.3) is 0 Å². The maximum absolute atomic E-state index is 12.7. The number of esters is 3. The van der Waals surface area contributed by atoms with Crippen LogP contribution in [0.5, 0.6) is 0 Å². The van der Waals surface area contributed by atoms with Crippen LogP contribution in [0.1, 0.15) is 297 Å². The summed E-state index contributed by atoms with van der Waals surface area (Å²) in [5.74, 6) is 0.00830. The van der Waals surface area contributed by atoms with Crippen LogP contribution in [0.15, 0.2) is 0 Å². The Balaban J connectivity index is 4.21. The highest BCUT2D eigenvalue weighted by molar-refractivity contribution is 5.71. The van der Waals surface area contributed by atoms with Gasteiger partial charge in [0.15, 0.2) is 6.10 Å². The lowest BCUT2D eigenvalue weighted by atomic mass is 10.0. The van der Waals surface area contributed by atoms with E-state index in [1.807, 2.05) is 0 Å². The van der Waals surface area contributed by atoms with Crippen molar-refractivity contribution >= 4 is 17.9 Å². The van der Waals surface area contributed by atoms with Crippen LogP contribution in [-0.2, 0) is 28.6 Å². The van der Waals surface area contributed by atoms with Gasteiger partial charge in [0.1, 0.15) is 13.2 Å². The van der Waals surface area contributed by atoms with E-state index in [-0.39, 0.29) is 31.1 Å². The molecule has 0 fully saturated rings. The van der Waals surface area contributed by atoms with E-state index in [9.17, 15) is 14.4 Å². The van der Waals surface area contributed by atoms with Crippen molar-refractivity contribution in [3.05, 3.63) is 0 Å². The van der Waals surface area contributed by atoms with E-state index >= 15 is 0 Å². The topological polar surface area (TPSA) is 78.9 Å². The Labute approximate surface area is 368 Å². The van der Waals surface area contributed by atoms with Crippen LogP contribution in [0.2, 0.25) is 0 Å². The Kier molecular flexibility index (Phi) is 46.2. The van der Waals surface area contributed by atoms with Gasteiger partial charge in [-0.3, -0.25) is 14.4 Å². The molecule has 0 aromatic carbocycles. The molecule has 0 aliphatic carbocycles.